The van der Waals surface area contributed by atoms with Gasteiger partial charge in [0, 0.05) is 38.8 Å². The van der Waals surface area contributed by atoms with Gasteiger partial charge in [0.1, 0.15) is 0 Å². The summed E-state index contributed by atoms with van der Waals surface area (Å²) in [5.74, 6) is 0.724. The standard InChI is InChI=1S/C15H32N4O/c1-4-14(5-2)17-15(20)12-19-8-6-18(7-9-19)11-13(3)10-16/h13-14H,4-12,16H2,1-3H3,(H,17,20). The highest BCUT2D eigenvalue weighted by Gasteiger charge is 2.20. The lowest BCUT2D eigenvalue weighted by atomic mass is 10.1. The van der Waals surface area contributed by atoms with Crippen LogP contribution in [0.2, 0.25) is 0 Å². The molecule has 1 aliphatic heterocycles. The van der Waals surface area contributed by atoms with Gasteiger partial charge in [-0.05, 0) is 25.3 Å². The Labute approximate surface area is 123 Å². The summed E-state index contributed by atoms with van der Waals surface area (Å²) in [6, 6.07) is 0.328. The maximum Gasteiger partial charge on any atom is 0.234 e. The van der Waals surface area contributed by atoms with E-state index in [4.69, 9.17) is 5.73 Å². The Balaban J connectivity index is 2.23. The molecule has 1 unspecified atom stereocenters. The molecule has 0 saturated carbocycles. The van der Waals surface area contributed by atoms with Crippen molar-refractivity contribution in [3.63, 3.8) is 0 Å². The molecule has 1 rings (SSSR count). The molecule has 0 aromatic rings. The van der Waals surface area contributed by atoms with E-state index in [0.29, 0.717) is 18.5 Å². The van der Waals surface area contributed by atoms with Crippen LogP contribution in [0.4, 0.5) is 0 Å². The van der Waals surface area contributed by atoms with E-state index in [1.54, 1.807) is 0 Å². The number of amides is 1. The highest BCUT2D eigenvalue weighted by molar-refractivity contribution is 5.78. The quantitative estimate of drug-likeness (QED) is 0.681. The van der Waals surface area contributed by atoms with Gasteiger partial charge in [0.2, 0.25) is 5.91 Å². The first-order valence-corrected chi connectivity index (χ1v) is 8.03. The molecule has 118 valence electrons. The lowest BCUT2D eigenvalue weighted by molar-refractivity contribution is -0.123. The van der Waals surface area contributed by atoms with Crippen LogP contribution in [0.3, 0.4) is 0 Å². The largest absolute Gasteiger partial charge is 0.352 e. The Hall–Kier alpha value is -0.650. The van der Waals surface area contributed by atoms with Gasteiger partial charge in [-0.3, -0.25) is 9.69 Å². The zero-order valence-corrected chi connectivity index (χ0v) is 13.4. The van der Waals surface area contributed by atoms with E-state index in [0.717, 1.165) is 52.1 Å². The molecule has 1 amide bonds. The summed E-state index contributed by atoms with van der Waals surface area (Å²) >= 11 is 0. The SMILES string of the molecule is CCC(CC)NC(=O)CN1CCN(CC(C)CN)CC1. The van der Waals surface area contributed by atoms with Gasteiger partial charge < -0.3 is 16.0 Å². The van der Waals surface area contributed by atoms with Gasteiger partial charge in [0.15, 0.2) is 0 Å². The van der Waals surface area contributed by atoms with E-state index in [1.165, 1.54) is 0 Å². The van der Waals surface area contributed by atoms with Crippen molar-refractivity contribution in [3.05, 3.63) is 0 Å². The summed E-state index contributed by atoms with van der Waals surface area (Å²) in [5.41, 5.74) is 5.67. The van der Waals surface area contributed by atoms with Crippen LogP contribution in [0.25, 0.3) is 0 Å². The van der Waals surface area contributed by atoms with Crippen LogP contribution < -0.4 is 11.1 Å². The van der Waals surface area contributed by atoms with Crippen LogP contribution in [-0.4, -0.2) is 67.6 Å². The third kappa shape index (κ3) is 6.20. The van der Waals surface area contributed by atoms with E-state index in [-0.39, 0.29) is 5.91 Å². The topological polar surface area (TPSA) is 61.6 Å². The average Bonchev–Trinajstić information content (AvgIpc) is 2.46. The van der Waals surface area contributed by atoms with Gasteiger partial charge in [-0.25, -0.2) is 0 Å². The number of carbonyl (C=O) groups excluding carboxylic acids is 1. The molecule has 1 saturated heterocycles. The normalized spacial score (nSPS) is 19.2. The average molecular weight is 284 g/mol. The number of nitrogens with two attached hydrogens (primary N) is 1. The van der Waals surface area contributed by atoms with E-state index in [2.05, 4.69) is 35.9 Å². The maximum absolute atomic E-state index is 12.0. The second-order valence-electron chi connectivity index (χ2n) is 6.00. The number of nitrogens with zero attached hydrogens (tertiary/aromatic N) is 2. The zero-order chi connectivity index (χ0) is 15.0. The second kappa shape index (κ2) is 9.32. The van der Waals surface area contributed by atoms with Crippen molar-refractivity contribution in [2.24, 2.45) is 11.7 Å². The highest BCUT2D eigenvalue weighted by atomic mass is 16.2. The minimum atomic E-state index is 0.169. The number of piperazine rings is 1. The van der Waals surface area contributed by atoms with Crippen LogP contribution in [0.15, 0.2) is 0 Å². The molecule has 0 aliphatic carbocycles. The van der Waals surface area contributed by atoms with E-state index < -0.39 is 0 Å². The first kappa shape index (κ1) is 17.4. The van der Waals surface area contributed by atoms with E-state index in [9.17, 15) is 4.79 Å². The molecule has 1 heterocycles. The van der Waals surface area contributed by atoms with Crippen molar-refractivity contribution in [1.29, 1.82) is 0 Å². The number of carbonyl (C=O) groups is 1. The Kier molecular flexibility index (Phi) is 8.11. The summed E-state index contributed by atoms with van der Waals surface area (Å²) in [4.78, 5) is 16.7. The van der Waals surface area contributed by atoms with Gasteiger partial charge in [-0.2, -0.15) is 0 Å². The zero-order valence-electron chi connectivity index (χ0n) is 13.4. The smallest absolute Gasteiger partial charge is 0.234 e. The van der Waals surface area contributed by atoms with Crippen LogP contribution >= 0.6 is 0 Å². The third-order valence-electron chi connectivity index (χ3n) is 4.16. The molecule has 1 aliphatic rings. The Morgan fingerprint density at radius 1 is 1.15 bits per heavy atom. The van der Waals surface area contributed by atoms with Crippen LogP contribution in [0.1, 0.15) is 33.6 Å². The molecule has 20 heavy (non-hydrogen) atoms. The number of nitrogens with one attached hydrogen (secondary N) is 1. The minimum Gasteiger partial charge on any atom is -0.352 e. The van der Waals surface area contributed by atoms with Gasteiger partial charge in [-0.15, -0.1) is 0 Å². The Bertz CT molecular complexity index is 273. The lowest BCUT2D eigenvalue weighted by Gasteiger charge is -2.35. The van der Waals surface area contributed by atoms with Crippen molar-refractivity contribution in [1.82, 2.24) is 15.1 Å². The summed E-state index contributed by atoms with van der Waals surface area (Å²) < 4.78 is 0. The first-order valence-electron chi connectivity index (χ1n) is 8.03. The van der Waals surface area contributed by atoms with Gasteiger partial charge in [-0.1, -0.05) is 20.8 Å². The van der Waals surface area contributed by atoms with E-state index in [1.807, 2.05) is 0 Å². The van der Waals surface area contributed by atoms with Gasteiger partial charge in [0.05, 0.1) is 6.54 Å². The fourth-order valence-corrected chi connectivity index (χ4v) is 2.61. The fourth-order valence-electron chi connectivity index (χ4n) is 2.61. The molecule has 3 N–H and O–H groups in total. The maximum atomic E-state index is 12.0. The Morgan fingerprint density at radius 3 is 2.20 bits per heavy atom. The van der Waals surface area contributed by atoms with Crippen molar-refractivity contribution in [2.45, 2.75) is 39.7 Å². The number of rotatable bonds is 8. The monoisotopic (exact) mass is 284 g/mol. The molecular weight excluding hydrogens is 252 g/mol. The second-order valence-corrected chi connectivity index (χ2v) is 6.00. The molecule has 0 aromatic carbocycles. The van der Waals surface area contributed by atoms with Gasteiger partial charge in [0.25, 0.3) is 0 Å². The predicted octanol–water partition coefficient (Wildman–Crippen LogP) is 0.504. The summed E-state index contributed by atoms with van der Waals surface area (Å²) in [5, 5.41) is 3.11. The number of hydrogen-bond acceptors (Lipinski definition) is 4. The van der Waals surface area contributed by atoms with Crippen LogP contribution in [0.5, 0.6) is 0 Å². The fraction of sp³-hybridized carbons (Fsp3) is 0.933. The van der Waals surface area contributed by atoms with Crippen LogP contribution in [0, 0.1) is 5.92 Å². The van der Waals surface area contributed by atoms with Crippen molar-refractivity contribution in [3.8, 4) is 0 Å². The molecule has 5 nitrogen and oxygen atoms in total. The molecule has 0 aromatic heterocycles. The van der Waals surface area contributed by atoms with Crippen LogP contribution in [-0.2, 0) is 4.79 Å². The molecule has 0 radical (unpaired) electrons. The summed E-state index contributed by atoms with van der Waals surface area (Å²) in [6.07, 6.45) is 2.01. The molecule has 1 atom stereocenters. The molecular formula is C15H32N4O. The van der Waals surface area contributed by atoms with Crippen molar-refractivity contribution < 1.29 is 4.79 Å². The summed E-state index contributed by atoms with van der Waals surface area (Å²) in [6.45, 7) is 12.8. The predicted molar refractivity (Wildman–Crippen MR) is 83.6 cm³/mol. The number of hydrogen-bond donors (Lipinski definition) is 2. The highest BCUT2D eigenvalue weighted by Crippen LogP contribution is 2.05. The molecule has 0 spiro atoms. The summed E-state index contributed by atoms with van der Waals surface area (Å²) in [7, 11) is 0. The minimum absolute atomic E-state index is 0.169. The third-order valence-corrected chi connectivity index (χ3v) is 4.16. The van der Waals surface area contributed by atoms with E-state index >= 15 is 0 Å². The Morgan fingerprint density at radius 2 is 1.70 bits per heavy atom. The van der Waals surface area contributed by atoms with Gasteiger partial charge >= 0.3 is 0 Å². The van der Waals surface area contributed by atoms with Crippen molar-refractivity contribution >= 4 is 5.91 Å². The lowest BCUT2D eigenvalue weighted by Crippen LogP contribution is -2.51. The first-order chi connectivity index (χ1) is 9.58. The molecule has 5 heteroatoms. The molecule has 0 bridgehead atoms. The van der Waals surface area contributed by atoms with Crippen molar-refractivity contribution in [2.75, 3.05) is 45.8 Å². The molecule has 1 fully saturated rings.